The van der Waals surface area contributed by atoms with Crippen LogP contribution in [0.4, 0.5) is 0 Å². The number of aliphatic carboxylic acids is 1. The summed E-state index contributed by atoms with van der Waals surface area (Å²) in [5.41, 5.74) is 0. The quantitative estimate of drug-likeness (QED) is 0.779. The normalized spacial score (nSPS) is 23.6. The zero-order valence-electron chi connectivity index (χ0n) is 10.6. The van der Waals surface area contributed by atoms with Crippen LogP contribution in [0, 0.1) is 0 Å². The summed E-state index contributed by atoms with van der Waals surface area (Å²) in [7, 11) is -1.77. The SMILES string of the molecule is CC(CCC(=O)O)N(C)C(=O)C1CCCS1(=O)=O. The van der Waals surface area contributed by atoms with Crippen LogP contribution >= 0.6 is 0 Å². The van der Waals surface area contributed by atoms with Gasteiger partial charge >= 0.3 is 5.97 Å². The monoisotopic (exact) mass is 277 g/mol. The fourth-order valence-electron chi connectivity index (χ4n) is 2.04. The summed E-state index contributed by atoms with van der Waals surface area (Å²) in [6.45, 7) is 1.72. The Morgan fingerprint density at radius 1 is 1.44 bits per heavy atom. The Labute approximate surface area is 107 Å². The van der Waals surface area contributed by atoms with Crippen LogP contribution in [0.25, 0.3) is 0 Å². The molecule has 0 radical (unpaired) electrons. The van der Waals surface area contributed by atoms with Crippen molar-refractivity contribution in [3.63, 3.8) is 0 Å². The third-order valence-corrected chi connectivity index (χ3v) is 5.55. The highest BCUT2D eigenvalue weighted by Gasteiger charge is 2.39. The van der Waals surface area contributed by atoms with Crippen LogP contribution in [0.1, 0.15) is 32.6 Å². The van der Waals surface area contributed by atoms with Crippen LogP contribution in [0.15, 0.2) is 0 Å². The molecule has 0 spiro atoms. The predicted molar refractivity (Wildman–Crippen MR) is 65.9 cm³/mol. The molecule has 1 fully saturated rings. The van der Waals surface area contributed by atoms with Crippen molar-refractivity contribution in [1.82, 2.24) is 4.90 Å². The van der Waals surface area contributed by atoms with Gasteiger partial charge in [-0.15, -0.1) is 0 Å². The maximum Gasteiger partial charge on any atom is 0.303 e. The summed E-state index contributed by atoms with van der Waals surface area (Å²) >= 11 is 0. The molecule has 0 saturated carbocycles. The van der Waals surface area contributed by atoms with Crippen molar-refractivity contribution in [3.05, 3.63) is 0 Å². The second-order valence-corrected chi connectivity index (χ2v) is 7.03. The van der Waals surface area contributed by atoms with E-state index in [2.05, 4.69) is 0 Å². The number of hydrogen-bond acceptors (Lipinski definition) is 4. The molecule has 104 valence electrons. The van der Waals surface area contributed by atoms with Gasteiger partial charge in [0, 0.05) is 19.5 Å². The van der Waals surface area contributed by atoms with E-state index in [1.807, 2.05) is 0 Å². The molecule has 1 saturated heterocycles. The van der Waals surface area contributed by atoms with Crippen LogP contribution in [0.3, 0.4) is 0 Å². The number of amides is 1. The van der Waals surface area contributed by atoms with E-state index in [-0.39, 0.29) is 18.2 Å². The topological polar surface area (TPSA) is 91.8 Å². The molecule has 2 atom stereocenters. The molecule has 1 aliphatic heterocycles. The highest BCUT2D eigenvalue weighted by atomic mass is 32.2. The lowest BCUT2D eigenvalue weighted by Crippen LogP contribution is -2.43. The van der Waals surface area contributed by atoms with Gasteiger partial charge in [0.2, 0.25) is 5.91 Å². The van der Waals surface area contributed by atoms with Crippen molar-refractivity contribution in [3.8, 4) is 0 Å². The summed E-state index contributed by atoms with van der Waals surface area (Å²) in [6.07, 6.45) is 1.19. The van der Waals surface area contributed by atoms with Gasteiger partial charge in [0.25, 0.3) is 0 Å². The zero-order chi connectivity index (χ0) is 13.9. The summed E-state index contributed by atoms with van der Waals surface area (Å²) in [4.78, 5) is 23.9. The molecule has 7 heteroatoms. The van der Waals surface area contributed by atoms with Crippen molar-refractivity contribution in [2.24, 2.45) is 0 Å². The Morgan fingerprint density at radius 2 is 2.06 bits per heavy atom. The third kappa shape index (κ3) is 3.44. The van der Waals surface area contributed by atoms with Gasteiger partial charge in [0.15, 0.2) is 9.84 Å². The lowest BCUT2D eigenvalue weighted by atomic mass is 10.1. The number of rotatable bonds is 5. The number of carbonyl (C=O) groups excluding carboxylic acids is 1. The maximum absolute atomic E-state index is 12.0. The van der Waals surface area contributed by atoms with Crippen LogP contribution in [0.2, 0.25) is 0 Å². The molecular weight excluding hydrogens is 258 g/mol. The van der Waals surface area contributed by atoms with Crippen LogP contribution in [0.5, 0.6) is 0 Å². The van der Waals surface area contributed by atoms with Gasteiger partial charge in [-0.2, -0.15) is 0 Å². The molecule has 0 aromatic rings. The Morgan fingerprint density at radius 3 is 2.50 bits per heavy atom. The van der Waals surface area contributed by atoms with E-state index in [0.29, 0.717) is 19.3 Å². The van der Waals surface area contributed by atoms with E-state index in [4.69, 9.17) is 5.11 Å². The van der Waals surface area contributed by atoms with Gasteiger partial charge in [-0.05, 0) is 26.2 Å². The molecule has 1 rings (SSSR count). The average Bonchev–Trinajstić information content (AvgIpc) is 2.63. The van der Waals surface area contributed by atoms with Gasteiger partial charge in [-0.25, -0.2) is 8.42 Å². The zero-order valence-corrected chi connectivity index (χ0v) is 11.4. The van der Waals surface area contributed by atoms with Crippen molar-refractivity contribution >= 4 is 21.7 Å². The molecule has 1 aliphatic rings. The molecule has 2 unspecified atom stereocenters. The number of carboxylic acid groups (broad SMARTS) is 1. The molecule has 1 N–H and O–H groups in total. The minimum Gasteiger partial charge on any atom is -0.481 e. The molecule has 0 aliphatic carbocycles. The number of nitrogens with zero attached hydrogens (tertiary/aromatic N) is 1. The fourth-order valence-corrected chi connectivity index (χ4v) is 3.89. The van der Waals surface area contributed by atoms with E-state index < -0.39 is 27.0 Å². The predicted octanol–water partition coefficient (Wildman–Crippen LogP) is 0.275. The van der Waals surface area contributed by atoms with Crippen LogP contribution in [-0.4, -0.2) is 54.4 Å². The van der Waals surface area contributed by atoms with Crippen LogP contribution < -0.4 is 0 Å². The molecular formula is C11H19NO5S. The largest absolute Gasteiger partial charge is 0.481 e. The number of hydrogen-bond donors (Lipinski definition) is 1. The number of carbonyl (C=O) groups is 2. The van der Waals surface area contributed by atoms with Crippen molar-refractivity contribution in [1.29, 1.82) is 0 Å². The maximum atomic E-state index is 12.0. The lowest BCUT2D eigenvalue weighted by molar-refractivity contribution is -0.138. The third-order valence-electron chi connectivity index (χ3n) is 3.39. The van der Waals surface area contributed by atoms with Crippen molar-refractivity contribution in [2.75, 3.05) is 12.8 Å². The Balaban J connectivity index is 2.63. The van der Waals surface area contributed by atoms with Crippen LogP contribution in [-0.2, 0) is 19.4 Å². The number of carboxylic acids is 1. The van der Waals surface area contributed by atoms with Gasteiger partial charge in [0.1, 0.15) is 5.25 Å². The summed E-state index contributed by atoms with van der Waals surface area (Å²) in [5.74, 6) is -1.26. The van der Waals surface area contributed by atoms with E-state index in [1.54, 1.807) is 6.92 Å². The standard InChI is InChI=1S/C11H19NO5S/c1-8(5-6-10(13)14)12(2)11(15)9-4-3-7-18(9,16)17/h8-9H,3-7H2,1-2H3,(H,13,14). The van der Waals surface area contributed by atoms with E-state index >= 15 is 0 Å². The molecule has 18 heavy (non-hydrogen) atoms. The van der Waals surface area contributed by atoms with Gasteiger partial charge in [-0.3, -0.25) is 9.59 Å². The molecule has 0 bridgehead atoms. The second-order valence-electron chi connectivity index (χ2n) is 4.73. The Bertz CT molecular complexity index is 431. The summed E-state index contributed by atoms with van der Waals surface area (Å²) < 4.78 is 23.3. The smallest absolute Gasteiger partial charge is 0.303 e. The average molecular weight is 277 g/mol. The van der Waals surface area contributed by atoms with E-state index in [9.17, 15) is 18.0 Å². The summed E-state index contributed by atoms with van der Waals surface area (Å²) in [6, 6.07) is -0.274. The second kappa shape index (κ2) is 5.69. The van der Waals surface area contributed by atoms with E-state index in [0.717, 1.165) is 0 Å². The van der Waals surface area contributed by atoms with Gasteiger partial charge in [-0.1, -0.05) is 0 Å². The van der Waals surface area contributed by atoms with Gasteiger partial charge < -0.3 is 10.0 Å². The summed E-state index contributed by atoms with van der Waals surface area (Å²) in [5, 5.41) is 7.64. The number of sulfone groups is 1. The highest BCUT2D eigenvalue weighted by molar-refractivity contribution is 7.93. The Hall–Kier alpha value is -1.11. The van der Waals surface area contributed by atoms with Gasteiger partial charge in [0.05, 0.1) is 5.75 Å². The fraction of sp³-hybridized carbons (Fsp3) is 0.818. The lowest BCUT2D eigenvalue weighted by Gasteiger charge is -2.26. The Kier molecular flexibility index (Phi) is 4.72. The first-order chi connectivity index (χ1) is 8.25. The van der Waals surface area contributed by atoms with Crippen molar-refractivity contribution < 1.29 is 23.1 Å². The minimum absolute atomic E-state index is 0.0315. The highest BCUT2D eigenvalue weighted by Crippen LogP contribution is 2.22. The van der Waals surface area contributed by atoms with Crippen molar-refractivity contribution in [2.45, 2.75) is 43.9 Å². The first kappa shape index (κ1) is 14.9. The molecule has 1 amide bonds. The minimum atomic E-state index is -3.30. The first-order valence-electron chi connectivity index (χ1n) is 5.95. The molecule has 1 heterocycles. The molecule has 0 aromatic heterocycles. The molecule has 6 nitrogen and oxygen atoms in total. The molecule has 0 aromatic carbocycles. The van der Waals surface area contributed by atoms with E-state index in [1.165, 1.54) is 11.9 Å². The first-order valence-corrected chi connectivity index (χ1v) is 7.67.